The van der Waals surface area contributed by atoms with Crippen molar-refractivity contribution in [3.63, 3.8) is 0 Å². The van der Waals surface area contributed by atoms with Crippen LogP contribution in [0.3, 0.4) is 0 Å². The molecule has 10 heteroatoms. The molecule has 0 aliphatic heterocycles. The number of hydrogen-bond acceptors (Lipinski definition) is 7. The van der Waals surface area contributed by atoms with Gasteiger partial charge in [0.1, 0.15) is 6.61 Å². The summed E-state index contributed by atoms with van der Waals surface area (Å²) >= 11 is 0.877. The Hall–Kier alpha value is -3.36. The van der Waals surface area contributed by atoms with E-state index in [9.17, 15) is 29.7 Å². The molecule has 2 rings (SSSR count). The van der Waals surface area contributed by atoms with Crippen LogP contribution in [0.5, 0.6) is 0 Å². The fraction of sp³-hybridized carbons (Fsp3) is 0.393. The number of aliphatic hydroxyl groups excluding tert-OH is 2. The van der Waals surface area contributed by atoms with Gasteiger partial charge in [0.25, 0.3) is 0 Å². The zero-order valence-corrected chi connectivity index (χ0v) is 21.8. The van der Waals surface area contributed by atoms with Crippen molar-refractivity contribution in [1.29, 1.82) is 0 Å². The standard InChI is InChI=1S/C28H34N2O7S/c1-2-20-8-10-21(11-9-20)16-25(33)29-17-24(32)13-12-23(30-26(34)18-31)14-15-28(37,27(35)36)38-19-22-6-4-3-5-7-22/h1,3-11,23-24,31-32,37H,12-19H2,(H,29,33)(H,30,34)(H,35,36)/t23?,24?,28-/m0/s1. The Morgan fingerprint density at radius 2 is 1.66 bits per heavy atom. The lowest BCUT2D eigenvalue weighted by Gasteiger charge is -2.26. The normalized spacial score (nSPS) is 13.9. The summed E-state index contributed by atoms with van der Waals surface area (Å²) in [6.07, 6.45) is 4.91. The molecule has 3 atom stereocenters. The average Bonchev–Trinajstić information content (AvgIpc) is 2.93. The van der Waals surface area contributed by atoms with Crippen molar-refractivity contribution in [3.8, 4) is 12.3 Å². The maximum atomic E-state index is 12.2. The van der Waals surface area contributed by atoms with Gasteiger partial charge >= 0.3 is 5.97 Å². The molecule has 0 aliphatic carbocycles. The number of amides is 2. The largest absolute Gasteiger partial charge is 0.478 e. The predicted octanol–water partition coefficient (Wildman–Crippen LogP) is 1.43. The Kier molecular flexibility index (Phi) is 12.8. The molecule has 2 aromatic rings. The summed E-state index contributed by atoms with van der Waals surface area (Å²) in [6, 6.07) is 15.5. The Morgan fingerprint density at radius 3 is 2.26 bits per heavy atom. The molecular formula is C28H34N2O7S. The predicted molar refractivity (Wildman–Crippen MR) is 145 cm³/mol. The quantitative estimate of drug-likeness (QED) is 0.137. The monoisotopic (exact) mass is 542 g/mol. The smallest absolute Gasteiger partial charge is 0.346 e. The Labute approximate surface area is 226 Å². The van der Waals surface area contributed by atoms with Crippen molar-refractivity contribution in [2.24, 2.45) is 0 Å². The average molecular weight is 543 g/mol. The van der Waals surface area contributed by atoms with E-state index in [1.54, 1.807) is 24.3 Å². The SMILES string of the molecule is C#Cc1ccc(CC(=O)NCC(O)CCC(CC[C@](O)(SCc2ccccc2)C(=O)O)NC(=O)CO)cc1. The van der Waals surface area contributed by atoms with E-state index in [0.29, 0.717) is 5.56 Å². The van der Waals surface area contributed by atoms with Crippen molar-refractivity contribution in [1.82, 2.24) is 10.6 Å². The van der Waals surface area contributed by atoms with Gasteiger partial charge in [0.2, 0.25) is 16.7 Å². The van der Waals surface area contributed by atoms with Crippen LogP contribution in [0, 0.1) is 12.3 Å². The topological polar surface area (TPSA) is 156 Å². The highest BCUT2D eigenvalue weighted by atomic mass is 32.2. The number of benzene rings is 2. The number of thioether (sulfide) groups is 1. The molecule has 0 fully saturated rings. The Balaban J connectivity index is 1.86. The van der Waals surface area contributed by atoms with E-state index in [0.717, 1.165) is 22.9 Å². The first-order chi connectivity index (χ1) is 18.1. The maximum absolute atomic E-state index is 12.2. The molecule has 6 N–H and O–H groups in total. The number of carbonyl (C=O) groups is 3. The minimum Gasteiger partial charge on any atom is -0.478 e. The summed E-state index contributed by atoms with van der Waals surface area (Å²) in [5, 5.41) is 45.1. The van der Waals surface area contributed by atoms with Gasteiger partial charge in [0.05, 0.1) is 12.5 Å². The number of terminal acetylenes is 1. The second-order valence-electron chi connectivity index (χ2n) is 8.88. The molecule has 0 aliphatic rings. The van der Waals surface area contributed by atoms with Crippen molar-refractivity contribution in [2.45, 2.75) is 54.9 Å². The fourth-order valence-corrected chi connectivity index (χ4v) is 4.63. The maximum Gasteiger partial charge on any atom is 0.346 e. The number of rotatable bonds is 16. The van der Waals surface area contributed by atoms with Crippen LogP contribution >= 0.6 is 11.8 Å². The van der Waals surface area contributed by atoms with E-state index in [2.05, 4.69) is 16.6 Å². The van der Waals surface area contributed by atoms with E-state index < -0.39 is 35.6 Å². The molecule has 0 heterocycles. The minimum atomic E-state index is -2.08. The summed E-state index contributed by atoms with van der Waals surface area (Å²) in [5.41, 5.74) is 2.35. The number of carboxylic acid groups (broad SMARTS) is 1. The lowest BCUT2D eigenvalue weighted by atomic mass is 10.0. The number of nitrogens with one attached hydrogen (secondary N) is 2. The van der Waals surface area contributed by atoms with Gasteiger partial charge in [-0.2, -0.15) is 0 Å². The van der Waals surface area contributed by atoms with Gasteiger partial charge in [0.15, 0.2) is 0 Å². The van der Waals surface area contributed by atoms with Crippen LogP contribution in [-0.2, 0) is 26.6 Å². The third-order valence-corrected chi connectivity index (χ3v) is 7.20. The van der Waals surface area contributed by atoms with Gasteiger partial charge in [0, 0.05) is 23.9 Å². The first-order valence-electron chi connectivity index (χ1n) is 12.2. The van der Waals surface area contributed by atoms with Crippen LogP contribution in [0.25, 0.3) is 0 Å². The lowest BCUT2D eigenvalue weighted by Crippen LogP contribution is -2.41. The van der Waals surface area contributed by atoms with E-state index in [1.165, 1.54) is 0 Å². The molecule has 38 heavy (non-hydrogen) atoms. The van der Waals surface area contributed by atoms with Gasteiger partial charge in [-0.05, 0) is 48.9 Å². The molecular weight excluding hydrogens is 508 g/mol. The molecule has 0 spiro atoms. The first-order valence-corrected chi connectivity index (χ1v) is 13.2. The number of hydrogen-bond donors (Lipinski definition) is 6. The van der Waals surface area contributed by atoms with Crippen LogP contribution in [0.1, 0.15) is 42.4 Å². The summed E-state index contributed by atoms with van der Waals surface area (Å²) in [4.78, 5) is 33.7. The molecule has 0 saturated heterocycles. The molecule has 0 aromatic heterocycles. The number of aliphatic hydroxyl groups is 3. The molecule has 0 saturated carbocycles. The van der Waals surface area contributed by atoms with E-state index in [-0.39, 0.29) is 50.3 Å². The van der Waals surface area contributed by atoms with E-state index in [1.807, 2.05) is 30.3 Å². The van der Waals surface area contributed by atoms with Gasteiger partial charge in [-0.15, -0.1) is 18.2 Å². The van der Waals surface area contributed by atoms with Crippen LogP contribution < -0.4 is 10.6 Å². The number of aliphatic carboxylic acids is 1. The van der Waals surface area contributed by atoms with Crippen molar-refractivity contribution >= 4 is 29.5 Å². The third-order valence-electron chi connectivity index (χ3n) is 5.86. The van der Waals surface area contributed by atoms with Crippen molar-refractivity contribution in [2.75, 3.05) is 13.2 Å². The number of carbonyl (C=O) groups excluding carboxylic acids is 2. The molecule has 2 aromatic carbocycles. The van der Waals surface area contributed by atoms with Crippen LogP contribution in [-0.4, -0.2) is 68.4 Å². The van der Waals surface area contributed by atoms with Crippen molar-refractivity contribution < 1.29 is 34.8 Å². The van der Waals surface area contributed by atoms with Crippen LogP contribution in [0.2, 0.25) is 0 Å². The molecule has 0 radical (unpaired) electrons. The summed E-state index contributed by atoms with van der Waals surface area (Å²) in [6.45, 7) is -0.753. The zero-order chi connectivity index (χ0) is 28.0. The molecule has 0 bridgehead atoms. The molecule has 2 amide bonds. The first kappa shape index (κ1) is 30.9. The van der Waals surface area contributed by atoms with Crippen LogP contribution in [0.15, 0.2) is 54.6 Å². The number of carboxylic acids is 1. The Bertz CT molecular complexity index is 1090. The molecule has 2 unspecified atom stereocenters. The highest BCUT2D eigenvalue weighted by Gasteiger charge is 2.37. The van der Waals surface area contributed by atoms with Crippen molar-refractivity contribution in [3.05, 3.63) is 71.3 Å². The van der Waals surface area contributed by atoms with Gasteiger partial charge in [-0.1, -0.05) is 48.4 Å². The summed E-state index contributed by atoms with van der Waals surface area (Å²) in [5.74, 6) is 0.477. The summed E-state index contributed by atoms with van der Waals surface area (Å²) < 4.78 is 0. The van der Waals surface area contributed by atoms with Gasteiger partial charge in [-0.3, -0.25) is 9.59 Å². The molecule has 204 valence electrons. The van der Waals surface area contributed by atoms with Gasteiger partial charge < -0.3 is 31.1 Å². The fourth-order valence-electron chi connectivity index (χ4n) is 3.64. The second kappa shape index (κ2) is 15.8. The Morgan fingerprint density at radius 1 is 0.974 bits per heavy atom. The second-order valence-corrected chi connectivity index (χ2v) is 10.1. The lowest BCUT2D eigenvalue weighted by molar-refractivity contribution is -0.150. The highest BCUT2D eigenvalue weighted by molar-refractivity contribution is 8.00. The zero-order valence-electron chi connectivity index (χ0n) is 21.0. The molecule has 9 nitrogen and oxygen atoms in total. The minimum absolute atomic E-state index is 0.00602. The third kappa shape index (κ3) is 10.9. The van der Waals surface area contributed by atoms with Gasteiger partial charge in [-0.25, -0.2) is 4.79 Å². The van der Waals surface area contributed by atoms with Crippen LogP contribution in [0.4, 0.5) is 0 Å². The highest BCUT2D eigenvalue weighted by Crippen LogP contribution is 2.32. The van der Waals surface area contributed by atoms with E-state index in [4.69, 9.17) is 11.5 Å². The van der Waals surface area contributed by atoms with E-state index >= 15 is 0 Å². The summed E-state index contributed by atoms with van der Waals surface area (Å²) in [7, 11) is 0.